The van der Waals surface area contributed by atoms with Gasteiger partial charge >= 0.3 is 0 Å². The maximum atomic E-state index is 12.3. The minimum atomic E-state index is -3.62. The lowest BCUT2D eigenvalue weighted by atomic mass is 9.95. The van der Waals surface area contributed by atoms with E-state index >= 15 is 0 Å². The zero-order valence-electron chi connectivity index (χ0n) is 11.6. The second-order valence-corrected chi connectivity index (χ2v) is 8.40. The highest BCUT2D eigenvalue weighted by Crippen LogP contribution is 2.50. The largest absolute Gasteiger partial charge is 0.383 e. The molecule has 1 aromatic rings. The number of sulfonamides is 1. The fourth-order valence-corrected chi connectivity index (χ4v) is 4.06. The highest BCUT2D eigenvalue weighted by molar-refractivity contribution is 9.10. The molecule has 0 atom stereocenters. The summed E-state index contributed by atoms with van der Waals surface area (Å²) in [4.78, 5) is 3.89. The number of halogens is 1. The number of nitrogens with two attached hydrogens (primary N) is 1. The highest BCUT2D eigenvalue weighted by Gasteiger charge is 2.43. The van der Waals surface area contributed by atoms with Crippen LogP contribution in [0.25, 0.3) is 0 Å². The maximum Gasteiger partial charge on any atom is 0.244 e. The number of anilines is 1. The molecule has 0 amide bonds. The van der Waals surface area contributed by atoms with Crippen molar-refractivity contribution in [1.29, 1.82) is 0 Å². The van der Waals surface area contributed by atoms with E-state index in [9.17, 15) is 8.42 Å². The van der Waals surface area contributed by atoms with Crippen molar-refractivity contribution in [3.05, 3.63) is 22.7 Å². The summed E-state index contributed by atoms with van der Waals surface area (Å²) < 4.78 is 27.9. The Labute approximate surface area is 128 Å². The van der Waals surface area contributed by atoms with Crippen LogP contribution in [0.5, 0.6) is 0 Å². The Kier molecular flexibility index (Phi) is 4.41. The van der Waals surface area contributed by atoms with Gasteiger partial charge in [-0.25, -0.2) is 18.1 Å². The van der Waals surface area contributed by atoms with Crippen LogP contribution in [0, 0.1) is 11.3 Å². The summed E-state index contributed by atoms with van der Waals surface area (Å²) in [5, 5.41) is 0. The number of nitrogens with zero attached hydrogens (tertiary/aromatic N) is 1. The van der Waals surface area contributed by atoms with Crippen molar-refractivity contribution in [2.45, 2.75) is 38.0 Å². The van der Waals surface area contributed by atoms with E-state index in [0.29, 0.717) is 11.0 Å². The molecular formula is C13H19BrN3O2S. The molecule has 1 saturated carbocycles. The van der Waals surface area contributed by atoms with E-state index in [4.69, 9.17) is 5.73 Å². The molecule has 0 spiro atoms. The Balaban J connectivity index is 2.10. The Hall–Kier alpha value is -0.660. The van der Waals surface area contributed by atoms with Crippen molar-refractivity contribution in [3.8, 4) is 0 Å². The standard InChI is InChI=1S/C13H19BrN3O2S/c1-9(2)6-13(3-4-13)8-17-20(18,19)11-5-10(14)7-16-12(11)15/h5,7,17H,3-4,6,8H2,1-2H3,(H2,15,16). The fourth-order valence-electron chi connectivity index (χ4n) is 2.32. The molecule has 0 bridgehead atoms. The van der Waals surface area contributed by atoms with Crippen molar-refractivity contribution in [1.82, 2.24) is 9.71 Å². The zero-order valence-corrected chi connectivity index (χ0v) is 14.0. The molecule has 1 fully saturated rings. The van der Waals surface area contributed by atoms with Gasteiger partial charge in [-0.05, 0) is 52.6 Å². The number of nitrogens with one attached hydrogen (secondary N) is 1. The van der Waals surface area contributed by atoms with E-state index < -0.39 is 10.0 Å². The number of rotatable bonds is 6. The molecule has 3 N–H and O–H groups in total. The third-order valence-electron chi connectivity index (χ3n) is 3.46. The minimum Gasteiger partial charge on any atom is -0.383 e. The average Bonchev–Trinajstić information content (AvgIpc) is 3.09. The third kappa shape index (κ3) is 3.71. The molecule has 0 saturated heterocycles. The number of nitrogen functional groups attached to an aromatic ring is 1. The fraction of sp³-hybridized carbons (Fsp3) is 0.538. The lowest BCUT2D eigenvalue weighted by Gasteiger charge is -2.18. The number of aromatic nitrogens is 1. The van der Waals surface area contributed by atoms with Gasteiger partial charge in [0, 0.05) is 17.2 Å². The number of hydrogen-bond donors (Lipinski definition) is 2. The monoisotopic (exact) mass is 360 g/mol. The van der Waals surface area contributed by atoms with E-state index in [1.165, 1.54) is 18.2 Å². The first-order chi connectivity index (χ1) is 9.24. The molecule has 0 aromatic carbocycles. The van der Waals surface area contributed by atoms with Crippen molar-refractivity contribution >= 4 is 31.8 Å². The van der Waals surface area contributed by atoms with Gasteiger partial charge in [0.25, 0.3) is 0 Å². The van der Waals surface area contributed by atoms with Gasteiger partial charge < -0.3 is 5.73 Å². The molecule has 111 valence electrons. The summed E-state index contributed by atoms with van der Waals surface area (Å²) in [5.74, 6) is 1.34. The molecule has 1 aromatic heterocycles. The lowest BCUT2D eigenvalue weighted by Crippen LogP contribution is -2.31. The molecule has 0 aliphatic heterocycles. The van der Waals surface area contributed by atoms with Gasteiger partial charge in [0.15, 0.2) is 0 Å². The molecule has 20 heavy (non-hydrogen) atoms. The van der Waals surface area contributed by atoms with Gasteiger partial charge in [-0.15, -0.1) is 0 Å². The van der Waals surface area contributed by atoms with Gasteiger partial charge in [-0.3, -0.25) is 0 Å². The molecule has 1 radical (unpaired) electrons. The van der Waals surface area contributed by atoms with Gasteiger partial charge in [0.1, 0.15) is 10.7 Å². The van der Waals surface area contributed by atoms with Crippen molar-refractivity contribution in [2.24, 2.45) is 5.41 Å². The van der Waals surface area contributed by atoms with Crippen LogP contribution in [0.3, 0.4) is 0 Å². The molecule has 5 nitrogen and oxygen atoms in total. The van der Waals surface area contributed by atoms with E-state index in [1.807, 2.05) is 0 Å². The molecule has 1 aliphatic rings. The van der Waals surface area contributed by atoms with Crippen LogP contribution in [0.2, 0.25) is 0 Å². The minimum absolute atomic E-state index is 0.0174. The van der Waals surface area contributed by atoms with E-state index in [1.54, 1.807) is 0 Å². The van der Waals surface area contributed by atoms with Crippen molar-refractivity contribution < 1.29 is 8.42 Å². The topological polar surface area (TPSA) is 85.1 Å². The van der Waals surface area contributed by atoms with Crippen LogP contribution < -0.4 is 10.5 Å². The molecule has 2 rings (SSSR count). The average molecular weight is 361 g/mol. The Morgan fingerprint density at radius 1 is 1.50 bits per heavy atom. The van der Waals surface area contributed by atoms with E-state index in [0.717, 1.165) is 19.3 Å². The predicted octanol–water partition coefficient (Wildman–Crippen LogP) is 2.49. The summed E-state index contributed by atoms with van der Waals surface area (Å²) in [5.41, 5.74) is 5.75. The summed E-state index contributed by atoms with van der Waals surface area (Å²) in [6.07, 6.45) is 4.56. The van der Waals surface area contributed by atoms with E-state index in [-0.39, 0.29) is 16.1 Å². The smallest absolute Gasteiger partial charge is 0.244 e. The summed E-state index contributed by atoms with van der Waals surface area (Å²) in [6.45, 7) is 4.60. The number of pyridine rings is 1. The second kappa shape index (κ2) is 5.61. The first-order valence-corrected chi connectivity index (χ1v) is 8.71. The molecule has 0 unspecified atom stereocenters. The maximum absolute atomic E-state index is 12.3. The third-order valence-corrected chi connectivity index (χ3v) is 5.32. The number of hydrogen-bond acceptors (Lipinski definition) is 4. The first-order valence-electron chi connectivity index (χ1n) is 6.44. The van der Waals surface area contributed by atoms with Gasteiger partial charge in [0.05, 0.1) is 0 Å². The van der Waals surface area contributed by atoms with Crippen molar-refractivity contribution in [3.63, 3.8) is 0 Å². The predicted molar refractivity (Wildman–Crippen MR) is 82.4 cm³/mol. The normalized spacial score (nSPS) is 17.4. The van der Waals surface area contributed by atoms with Crippen molar-refractivity contribution in [2.75, 3.05) is 12.3 Å². The SMILES string of the molecule is C[C](C)CC1(CNS(=O)(=O)c2cc(Br)cnc2N)CC1. The highest BCUT2D eigenvalue weighted by atomic mass is 79.9. The van der Waals surface area contributed by atoms with E-state index in [2.05, 4.69) is 39.5 Å². The Morgan fingerprint density at radius 2 is 2.15 bits per heavy atom. The molecule has 7 heteroatoms. The van der Waals surface area contributed by atoms with Gasteiger partial charge in [-0.2, -0.15) is 0 Å². The zero-order chi connectivity index (χ0) is 15.0. The summed E-state index contributed by atoms with van der Waals surface area (Å²) in [7, 11) is -3.62. The van der Waals surface area contributed by atoms with Crippen LogP contribution in [-0.2, 0) is 10.0 Å². The van der Waals surface area contributed by atoms with Crippen LogP contribution >= 0.6 is 15.9 Å². The van der Waals surface area contributed by atoms with Gasteiger partial charge in [-0.1, -0.05) is 13.8 Å². The Bertz CT molecular complexity index is 598. The summed E-state index contributed by atoms with van der Waals surface area (Å²) in [6, 6.07) is 1.47. The van der Waals surface area contributed by atoms with Crippen LogP contribution in [-0.4, -0.2) is 19.9 Å². The Morgan fingerprint density at radius 3 is 2.70 bits per heavy atom. The quantitative estimate of drug-likeness (QED) is 0.815. The molecular weight excluding hydrogens is 342 g/mol. The molecule has 1 heterocycles. The lowest BCUT2D eigenvalue weighted by molar-refractivity contribution is 0.465. The van der Waals surface area contributed by atoms with Crippen LogP contribution in [0.4, 0.5) is 5.82 Å². The van der Waals surface area contributed by atoms with Gasteiger partial charge in [0.2, 0.25) is 10.0 Å². The van der Waals surface area contributed by atoms with Crippen LogP contribution in [0.15, 0.2) is 21.6 Å². The molecule has 1 aliphatic carbocycles. The summed E-state index contributed by atoms with van der Waals surface area (Å²) >= 11 is 3.21. The van der Waals surface area contributed by atoms with Crippen LogP contribution in [0.1, 0.15) is 33.1 Å². The second-order valence-electron chi connectivity index (χ2n) is 5.75. The first kappa shape index (κ1) is 15.7.